The van der Waals surface area contributed by atoms with Crippen LogP contribution >= 0.6 is 0 Å². The minimum atomic E-state index is 0.130. The summed E-state index contributed by atoms with van der Waals surface area (Å²) >= 11 is 0. The molecule has 0 aliphatic heterocycles. The van der Waals surface area contributed by atoms with E-state index in [9.17, 15) is 0 Å². The molecule has 0 aliphatic rings. The summed E-state index contributed by atoms with van der Waals surface area (Å²) in [5.74, 6) is 0.822. The smallest absolute Gasteiger partial charge is 0.0151 e. The molecule has 0 fully saturated rings. The maximum Gasteiger partial charge on any atom is 0.0151 e. The average molecular weight is 199 g/mol. The molecule has 0 saturated carbocycles. The molecule has 0 radical (unpaired) electrons. The summed E-state index contributed by atoms with van der Waals surface area (Å²) in [7, 11) is 0. The first-order chi connectivity index (χ1) is 6.54. The predicted octanol–water partition coefficient (Wildman–Crippen LogP) is 4.11. The van der Waals surface area contributed by atoms with Gasteiger partial charge in [0.25, 0.3) is 0 Å². The highest BCUT2D eigenvalue weighted by atomic mass is 14.7. The number of rotatable bonds is 8. The lowest BCUT2D eigenvalue weighted by Crippen LogP contribution is -2.38. The summed E-state index contributed by atoms with van der Waals surface area (Å²) in [6, 6.07) is 0. The van der Waals surface area contributed by atoms with E-state index in [4.69, 9.17) is 5.73 Å². The Morgan fingerprint density at radius 1 is 1.07 bits per heavy atom. The van der Waals surface area contributed by atoms with Gasteiger partial charge < -0.3 is 5.73 Å². The van der Waals surface area contributed by atoms with Crippen molar-refractivity contribution in [3.63, 3.8) is 0 Å². The van der Waals surface area contributed by atoms with E-state index in [0.717, 1.165) is 12.3 Å². The van der Waals surface area contributed by atoms with E-state index >= 15 is 0 Å². The molecular weight excluding hydrogens is 170 g/mol. The second kappa shape index (κ2) is 7.28. The molecule has 0 spiro atoms. The van der Waals surface area contributed by atoms with Crippen molar-refractivity contribution in [2.24, 2.45) is 11.7 Å². The van der Waals surface area contributed by atoms with Crippen molar-refractivity contribution < 1.29 is 0 Å². The summed E-state index contributed by atoms with van der Waals surface area (Å²) in [5, 5.41) is 0. The van der Waals surface area contributed by atoms with Gasteiger partial charge in [-0.2, -0.15) is 0 Å². The van der Waals surface area contributed by atoms with Gasteiger partial charge in [0.05, 0.1) is 0 Å². The van der Waals surface area contributed by atoms with Crippen LogP contribution in [-0.2, 0) is 0 Å². The van der Waals surface area contributed by atoms with Crippen LogP contribution in [0.5, 0.6) is 0 Å². The molecule has 1 nitrogen and oxygen atoms in total. The Hall–Kier alpha value is -0.0400. The van der Waals surface area contributed by atoms with E-state index in [2.05, 4.69) is 27.7 Å². The second-order valence-electron chi connectivity index (χ2n) is 5.11. The first-order valence-corrected chi connectivity index (χ1v) is 6.33. The molecule has 86 valence electrons. The van der Waals surface area contributed by atoms with E-state index in [1.807, 2.05) is 0 Å². The molecule has 0 amide bonds. The molecule has 2 N–H and O–H groups in total. The Kier molecular flexibility index (Phi) is 7.26. The van der Waals surface area contributed by atoms with Crippen molar-refractivity contribution in [2.45, 2.75) is 78.2 Å². The summed E-state index contributed by atoms with van der Waals surface area (Å²) in [5.41, 5.74) is 6.50. The SMILES string of the molecule is CCCCC(N)(CC)CCCC(C)C. The number of hydrogen-bond donors (Lipinski definition) is 1. The van der Waals surface area contributed by atoms with Crippen molar-refractivity contribution in [3.05, 3.63) is 0 Å². The van der Waals surface area contributed by atoms with Crippen LogP contribution in [0.1, 0.15) is 72.6 Å². The number of nitrogens with two attached hydrogens (primary N) is 1. The third-order valence-electron chi connectivity index (χ3n) is 3.19. The third-order valence-corrected chi connectivity index (χ3v) is 3.19. The van der Waals surface area contributed by atoms with Crippen molar-refractivity contribution in [1.82, 2.24) is 0 Å². The van der Waals surface area contributed by atoms with Crippen LogP contribution in [0, 0.1) is 5.92 Å². The molecule has 0 heterocycles. The Bertz CT molecular complexity index is 131. The van der Waals surface area contributed by atoms with E-state index in [1.54, 1.807) is 0 Å². The lowest BCUT2D eigenvalue weighted by Gasteiger charge is -2.28. The van der Waals surface area contributed by atoms with E-state index in [0.29, 0.717) is 0 Å². The van der Waals surface area contributed by atoms with Gasteiger partial charge in [-0.3, -0.25) is 0 Å². The molecule has 14 heavy (non-hydrogen) atoms. The number of unbranched alkanes of at least 4 members (excludes halogenated alkanes) is 1. The highest BCUT2D eigenvalue weighted by Crippen LogP contribution is 2.23. The zero-order chi connectivity index (χ0) is 11.0. The monoisotopic (exact) mass is 199 g/mol. The normalized spacial score (nSPS) is 15.9. The minimum absolute atomic E-state index is 0.130. The maximum atomic E-state index is 6.37. The Labute approximate surface area is 90.5 Å². The summed E-state index contributed by atoms with van der Waals surface area (Å²) in [4.78, 5) is 0. The molecule has 0 saturated heterocycles. The average Bonchev–Trinajstić information content (AvgIpc) is 2.14. The fraction of sp³-hybridized carbons (Fsp3) is 1.00. The molecule has 1 heteroatoms. The molecule has 0 bridgehead atoms. The molecule has 1 unspecified atom stereocenters. The molecule has 0 aromatic rings. The van der Waals surface area contributed by atoms with Crippen LogP contribution in [0.15, 0.2) is 0 Å². The summed E-state index contributed by atoms with van der Waals surface area (Å²) in [6.07, 6.45) is 8.72. The fourth-order valence-corrected chi connectivity index (χ4v) is 1.87. The summed E-state index contributed by atoms with van der Waals surface area (Å²) in [6.45, 7) is 9.04. The first kappa shape index (κ1) is 14.0. The van der Waals surface area contributed by atoms with Gasteiger partial charge in [-0.15, -0.1) is 0 Å². The lowest BCUT2D eigenvalue weighted by atomic mass is 9.85. The van der Waals surface area contributed by atoms with Crippen molar-refractivity contribution in [1.29, 1.82) is 0 Å². The van der Waals surface area contributed by atoms with Crippen LogP contribution in [0.2, 0.25) is 0 Å². The minimum Gasteiger partial charge on any atom is -0.325 e. The van der Waals surface area contributed by atoms with Crippen LogP contribution in [0.25, 0.3) is 0 Å². The Morgan fingerprint density at radius 2 is 1.64 bits per heavy atom. The molecule has 0 aliphatic carbocycles. The topological polar surface area (TPSA) is 26.0 Å². The third kappa shape index (κ3) is 6.42. The van der Waals surface area contributed by atoms with E-state index in [-0.39, 0.29) is 5.54 Å². The standard InChI is InChI=1S/C13H29N/c1-5-7-10-13(14,6-2)11-8-9-12(3)4/h12H,5-11,14H2,1-4H3. The fourth-order valence-electron chi connectivity index (χ4n) is 1.87. The predicted molar refractivity (Wildman–Crippen MR) is 65.4 cm³/mol. The lowest BCUT2D eigenvalue weighted by molar-refractivity contribution is 0.322. The van der Waals surface area contributed by atoms with Crippen molar-refractivity contribution >= 4 is 0 Å². The van der Waals surface area contributed by atoms with Gasteiger partial charge in [-0.1, -0.05) is 53.4 Å². The summed E-state index contributed by atoms with van der Waals surface area (Å²) < 4.78 is 0. The van der Waals surface area contributed by atoms with E-state index in [1.165, 1.54) is 38.5 Å². The van der Waals surface area contributed by atoms with Gasteiger partial charge in [0.2, 0.25) is 0 Å². The molecule has 1 atom stereocenters. The second-order valence-corrected chi connectivity index (χ2v) is 5.11. The molecule has 0 aromatic heterocycles. The highest BCUT2D eigenvalue weighted by Gasteiger charge is 2.21. The molecule has 0 rings (SSSR count). The largest absolute Gasteiger partial charge is 0.325 e. The Morgan fingerprint density at radius 3 is 2.07 bits per heavy atom. The maximum absolute atomic E-state index is 6.37. The van der Waals surface area contributed by atoms with Crippen molar-refractivity contribution in [3.8, 4) is 0 Å². The van der Waals surface area contributed by atoms with Crippen LogP contribution in [0.4, 0.5) is 0 Å². The van der Waals surface area contributed by atoms with Crippen molar-refractivity contribution in [2.75, 3.05) is 0 Å². The zero-order valence-corrected chi connectivity index (χ0v) is 10.6. The van der Waals surface area contributed by atoms with E-state index < -0.39 is 0 Å². The highest BCUT2D eigenvalue weighted by molar-refractivity contribution is 4.82. The Balaban J connectivity index is 3.74. The van der Waals surface area contributed by atoms with Gasteiger partial charge in [0.1, 0.15) is 0 Å². The van der Waals surface area contributed by atoms with Crippen LogP contribution < -0.4 is 5.73 Å². The quantitative estimate of drug-likeness (QED) is 0.625. The molecule has 0 aromatic carbocycles. The zero-order valence-electron chi connectivity index (χ0n) is 10.6. The number of hydrogen-bond acceptors (Lipinski definition) is 1. The molecular formula is C13H29N. The van der Waals surface area contributed by atoms with Gasteiger partial charge in [0.15, 0.2) is 0 Å². The van der Waals surface area contributed by atoms with Gasteiger partial charge in [0, 0.05) is 5.54 Å². The van der Waals surface area contributed by atoms with Gasteiger partial charge in [-0.05, 0) is 25.2 Å². The van der Waals surface area contributed by atoms with Gasteiger partial charge in [-0.25, -0.2) is 0 Å². The van der Waals surface area contributed by atoms with Crippen LogP contribution in [0.3, 0.4) is 0 Å². The van der Waals surface area contributed by atoms with Crippen LogP contribution in [-0.4, -0.2) is 5.54 Å². The van der Waals surface area contributed by atoms with Gasteiger partial charge >= 0.3 is 0 Å². The first-order valence-electron chi connectivity index (χ1n) is 6.33.